The van der Waals surface area contributed by atoms with Gasteiger partial charge in [0.1, 0.15) is 23.9 Å². The van der Waals surface area contributed by atoms with Crippen molar-refractivity contribution in [2.24, 2.45) is 0 Å². The van der Waals surface area contributed by atoms with E-state index in [9.17, 15) is 9.18 Å². The molecule has 0 aliphatic heterocycles. The second-order valence-corrected chi connectivity index (χ2v) is 4.35. The summed E-state index contributed by atoms with van der Waals surface area (Å²) in [6.07, 6.45) is 0. The summed E-state index contributed by atoms with van der Waals surface area (Å²) in [7, 11) is 0. The molecule has 0 heterocycles. The van der Waals surface area contributed by atoms with Gasteiger partial charge < -0.3 is 14.6 Å². The second kappa shape index (κ2) is 6.74. The van der Waals surface area contributed by atoms with E-state index in [0.29, 0.717) is 17.9 Å². The third-order valence-corrected chi connectivity index (χ3v) is 2.74. The summed E-state index contributed by atoms with van der Waals surface area (Å²) in [5.41, 5.74) is 0.363. The molecule has 0 aromatic heterocycles. The van der Waals surface area contributed by atoms with E-state index < -0.39 is 11.8 Å². The number of hydrogen-bond donors (Lipinski definition) is 1. The molecule has 0 radical (unpaired) electrons. The number of carboxylic acid groups (broad SMARTS) is 1. The lowest BCUT2D eigenvalue weighted by atomic mass is 10.1. The molecule has 0 atom stereocenters. The van der Waals surface area contributed by atoms with Crippen LogP contribution >= 0.6 is 0 Å². The fourth-order valence-electron chi connectivity index (χ4n) is 1.82. The third kappa shape index (κ3) is 4.21. The minimum Gasteiger partial charge on any atom is -0.494 e. The van der Waals surface area contributed by atoms with Crippen LogP contribution in [0.1, 0.15) is 22.8 Å². The highest BCUT2D eigenvalue weighted by Crippen LogP contribution is 2.19. The maximum absolute atomic E-state index is 13.3. The Morgan fingerprint density at radius 2 is 1.71 bits per heavy atom. The van der Waals surface area contributed by atoms with Gasteiger partial charge in [0, 0.05) is 0 Å². The molecule has 0 aliphatic rings. The molecule has 2 aromatic carbocycles. The molecule has 0 saturated heterocycles. The van der Waals surface area contributed by atoms with Crippen LogP contribution in [0.15, 0.2) is 42.5 Å². The number of aromatic carboxylic acids is 1. The van der Waals surface area contributed by atoms with Gasteiger partial charge in [-0.1, -0.05) is 0 Å². The largest absolute Gasteiger partial charge is 0.494 e. The van der Waals surface area contributed by atoms with Crippen molar-refractivity contribution in [1.29, 1.82) is 0 Å². The van der Waals surface area contributed by atoms with Gasteiger partial charge >= 0.3 is 5.97 Å². The van der Waals surface area contributed by atoms with Crippen molar-refractivity contribution in [1.82, 2.24) is 0 Å². The molecule has 0 unspecified atom stereocenters. The minimum absolute atomic E-state index is 0.0893. The molecule has 4 nitrogen and oxygen atoms in total. The molecule has 0 saturated carbocycles. The lowest BCUT2D eigenvalue weighted by Crippen LogP contribution is -2.02. The van der Waals surface area contributed by atoms with E-state index in [-0.39, 0.29) is 12.2 Å². The Labute approximate surface area is 121 Å². The first-order chi connectivity index (χ1) is 10.1. The average Bonchev–Trinajstić information content (AvgIpc) is 2.46. The predicted octanol–water partition coefficient (Wildman–Crippen LogP) is 3.50. The Bertz CT molecular complexity index is 623. The number of rotatable bonds is 6. The van der Waals surface area contributed by atoms with E-state index in [0.717, 1.165) is 11.8 Å². The van der Waals surface area contributed by atoms with Gasteiger partial charge in [0.2, 0.25) is 0 Å². The van der Waals surface area contributed by atoms with Crippen molar-refractivity contribution in [3.63, 3.8) is 0 Å². The predicted molar refractivity (Wildman–Crippen MR) is 75.3 cm³/mol. The molecular formula is C16H15FO4. The van der Waals surface area contributed by atoms with E-state index in [4.69, 9.17) is 14.6 Å². The highest BCUT2D eigenvalue weighted by molar-refractivity contribution is 5.87. The van der Waals surface area contributed by atoms with Crippen LogP contribution in [0.2, 0.25) is 0 Å². The van der Waals surface area contributed by atoms with Crippen molar-refractivity contribution < 1.29 is 23.8 Å². The Morgan fingerprint density at radius 3 is 2.29 bits per heavy atom. The van der Waals surface area contributed by atoms with Crippen LogP contribution in [0.25, 0.3) is 0 Å². The number of carbonyl (C=O) groups is 1. The average molecular weight is 290 g/mol. The summed E-state index contributed by atoms with van der Waals surface area (Å²) in [6, 6.07) is 10.6. The Hall–Kier alpha value is -2.56. The Morgan fingerprint density at radius 1 is 1.10 bits per heavy atom. The molecular weight excluding hydrogens is 275 g/mol. The number of halogens is 1. The smallest absolute Gasteiger partial charge is 0.335 e. The number of carboxylic acids is 1. The number of ether oxygens (including phenoxy) is 2. The highest BCUT2D eigenvalue weighted by atomic mass is 19.1. The van der Waals surface area contributed by atoms with Crippen molar-refractivity contribution in [3.8, 4) is 11.5 Å². The van der Waals surface area contributed by atoms with Crippen LogP contribution in [0.5, 0.6) is 11.5 Å². The topological polar surface area (TPSA) is 55.8 Å². The zero-order valence-corrected chi connectivity index (χ0v) is 11.5. The molecule has 0 bridgehead atoms. The van der Waals surface area contributed by atoms with E-state index in [1.165, 1.54) is 12.1 Å². The highest BCUT2D eigenvalue weighted by Gasteiger charge is 2.07. The SMILES string of the molecule is CCOc1ccc(OCc2cc(F)cc(C(=O)O)c2)cc1. The summed E-state index contributed by atoms with van der Waals surface area (Å²) >= 11 is 0. The lowest BCUT2D eigenvalue weighted by molar-refractivity contribution is 0.0696. The zero-order valence-electron chi connectivity index (χ0n) is 11.5. The number of hydrogen-bond acceptors (Lipinski definition) is 3. The third-order valence-electron chi connectivity index (χ3n) is 2.74. The van der Waals surface area contributed by atoms with Crippen LogP contribution in [0.4, 0.5) is 4.39 Å². The molecule has 2 rings (SSSR count). The van der Waals surface area contributed by atoms with Crippen LogP contribution in [0.3, 0.4) is 0 Å². The standard InChI is InChI=1S/C16H15FO4/c1-2-20-14-3-5-15(6-4-14)21-10-11-7-12(16(18)19)9-13(17)8-11/h3-9H,2,10H2,1H3,(H,18,19). The maximum Gasteiger partial charge on any atom is 0.335 e. The summed E-state index contributed by atoms with van der Waals surface area (Å²) in [6.45, 7) is 2.57. The van der Waals surface area contributed by atoms with Gasteiger partial charge in [0.15, 0.2) is 0 Å². The molecule has 0 aliphatic carbocycles. The lowest BCUT2D eigenvalue weighted by Gasteiger charge is -2.08. The van der Waals surface area contributed by atoms with Gasteiger partial charge in [-0.15, -0.1) is 0 Å². The van der Waals surface area contributed by atoms with Crippen LogP contribution in [0, 0.1) is 5.82 Å². The Balaban J connectivity index is 2.04. The van der Waals surface area contributed by atoms with Crippen LogP contribution in [-0.4, -0.2) is 17.7 Å². The molecule has 0 fully saturated rings. The normalized spacial score (nSPS) is 10.2. The van der Waals surface area contributed by atoms with Crippen molar-refractivity contribution in [2.45, 2.75) is 13.5 Å². The van der Waals surface area contributed by atoms with Crippen LogP contribution < -0.4 is 9.47 Å². The van der Waals surface area contributed by atoms with Gasteiger partial charge in [0.25, 0.3) is 0 Å². The molecule has 0 amide bonds. The van der Waals surface area contributed by atoms with Crippen molar-refractivity contribution in [3.05, 3.63) is 59.4 Å². The monoisotopic (exact) mass is 290 g/mol. The van der Waals surface area contributed by atoms with E-state index in [2.05, 4.69) is 0 Å². The fourth-order valence-corrected chi connectivity index (χ4v) is 1.82. The molecule has 1 N–H and O–H groups in total. The van der Waals surface area contributed by atoms with Gasteiger partial charge in [-0.25, -0.2) is 9.18 Å². The van der Waals surface area contributed by atoms with Gasteiger partial charge in [0.05, 0.1) is 12.2 Å². The van der Waals surface area contributed by atoms with Gasteiger partial charge in [-0.2, -0.15) is 0 Å². The zero-order chi connectivity index (χ0) is 15.2. The van der Waals surface area contributed by atoms with E-state index >= 15 is 0 Å². The second-order valence-electron chi connectivity index (χ2n) is 4.35. The summed E-state index contributed by atoms with van der Waals surface area (Å²) in [4.78, 5) is 10.9. The molecule has 21 heavy (non-hydrogen) atoms. The van der Waals surface area contributed by atoms with E-state index in [1.54, 1.807) is 24.3 Å². The summed E-state index contributed by atoms with van der Waals surface area (Å²) in [5, 5.41) is 8.88. The fraction of sp³-hybridized carbons (Fsp3) is 0.188. The van der Waals surface area contributed by atoms with Gasteiger partial charge in [-0.3, -0.25) is 0 Å². The van der Waals surface area contributed by atoms with Crippen molar-refractivity contribution >= 4 is 5.97 Å². The Kier molecular flexibility index (Phi) is 4.77. The first kappa shape index (κ1) is 14.8. The minimum atomic E-state index is -1.17. The first-order valence-corrected chi connectivity index (χ1v) is 6.47. The number of benzene rings is 2. The van der Waals surface area contributed by atoms with Crippen molar-refractivity contribution in [2.75, 3.05) is 6.61 Å². The molecule has 0 spiro atoms. The van der Waals surface area contributed by atoms with E-state index in [1.807, 2.05) is 6.92 Å². The molecule has 5 heteroatoms. The first-order valence-electron chi connectivity index (χ1n) is 6.47. The van der Waals surface area contributed by atoms with Gasteiger partial charge in [-0.05, 0) is 55.0 Å². The molecule has 2 aromatic rings. The van der Waals surface area contributed by atoms with Crippen LogP contribution in [-0.2, 0) is 6.61 Å². The molecule has 110 valence electrons. The summed E-state index contributed by atoms with van der Waals surface area (Å²) in [5.74, 6) is -0.430. The quantitative estimate of drug-likeness (QED) is 0.884. The summed E-state index contributed by atoms with van der Waals surface area (Å²) < 4.78 is 24.1. The maximum atomic E-state index is 13.3.